The first-order valence-corrected chi connectivity index (χ1v) is 9.24. The van der Waals surface area contributed by atoms with E-state index in [-0.39, 0.29) is 17.1 Å². The molecule has 25 heavy (non-hydrogen) atoms. The number of benzene rings is 2. The maximum atomic E-state index is 11.7. The van der Waals surface area contributed by atoms with Crippen LogP contribution in [0.15, 0.2) is 53.4 Å². The summed E-state index contributed by atoms with van der Waals surface area (Å²) < 4.78 is 25.0. The lowest BCUT2D eigenvalue weighted by Crippen LogP contribution is -2.09. The predicted molar refractivity (Wildman–Crippen MR) is 92.3 cm³/mol. The number of hydrogen-bond acceptors (Lipinski definition) is 4. The number of hydrogen-bond donors (Lipinski definition) is 1. The second-order valence-electron chi connectivity index (χ2n) is 5.73. The van der Waals surface area contributed by atoms with Gasteiger partial charge in [-0.15, -0.1) is 0 Å². The summed E-state index contributed by atoms with van der Waals surface area (Å²) in [6.45, 7) is 0.263. The summed E-state index contributed by atoms with van der Waals surface area (Å²) in [4.78, 5) is 11.7. The Hall–Kier alpha value is -3.11. The number of aromatic carboxylic acids is 1. The molecule has 1 aromatic heterocycles. The Morgan fingerprint density at radius 3 is 2.60 bits per heavy atom. The number of nitrogens with zero attached hydrogens (tertiary/aromatic N) is 2. The van der Waals surface area contributed by atoms with Crippen LogP contribution < -0.4 is 0 Å². The predicted octanol–water partition coefficient (Wildman–Crippen LogP) is 2.66. The number of rotatable bonds is 4. The molecule has 0 atom stereocenters. The summed E-state index contributed by atoms with van der Waals surface area (Å²) in [5.41, 5.74) is 1.95. The number of nitriles is 1. The average Bonchev–Trinajstić information content (AvgIpc) is 2.92. The van der Waals surface area contributed by atoms with Crippen LogP contribution in [0.1, 0.15) is 21.6 Å². The van der Waals surface area contributed by atoms with E-state index in [4.69, 9.17) is 5.26 Å². The third kappa shape index (κ3) is 3.25. The Morgan fingerprint density at radius 2 is 1.96 bits per heavy atom. The van der Waals surface area contributed by atoms with Gasteiger partial charge in [-0.2, -0.15) is 5.26 Å². The van der Waals surface area contributed by atoms with E-state index in [1.807, 2.05) is 6.07 Å². The molecule has 0 spiro atoms. The molecular weight excluding hydrogens is 340 g/mol. The van der Waals surface area contributed by atoms with Crippen LogP contribution in [0.2, 0.25) is 0 Å². The smallest absolute Gasteiger partial charge is 0.352 e. The van der Waals surface area contributed by atoms with E-state index in [0.717, 1.165) is 11.8 Å². The van der Waals surface area contributed by atoms with Crippen LogP contribution >= 0.6 is 0 Å². The average molecular weight is 354 g/mol. The van der Waals surface area contributed by atoms with E-state index < -0.39 is 15.8 Å². The van der Waals surface area contributed by atoms with Crippen LogP contribution in [0.3, 0.4) is 0 Å². The number of carboxylic acid groups (broad SMARTS) is 1. The Bertz CT molecular complexity index is 1140. The highest BCUT2D eigenvalue weighted by Crippen LogP contribution is 2.25. The first kappa shape index (κ1) is 16.7. The monoisotopic (exact) mass is 354 g/mol. The van der Waals surface area contributed by atoms with Crippen molar-refractivity contribution in [3.05, 3.63) is 65.4 Å². The third-order valence-electron chi connectivity index (χ3n) is 3.92. The molecule has 0 saturated carbocycles. The van der Waals surface area contributed by atoms with Crippen molar-refractivity contribution in [3.63, 3.8) is 0 Å². The molecule has 0 fully saturated rings. The quantitative estimate of drug-likeness (QED) is 0.776. The molecule has 0 aliphatic carbocycles. The Kier molecular flexibility index (Phi) is 4.07. The molecule has 0 saturated heterocycles. The van der Waals surface area contributed by atoms with E-state index in [1.165, 1.54) is 18.2 Å². The third-order valence-corrected chi connectivity index (χ3v) is 5.03. The number of aromatic nitrogens is 1. The van der Waals surface area contributed by atoms with E-state index in [0.29, 0.717) is 16.5 Å². The molecule has 1 N–H and O–H groups in total. The minimum absolute atomic E-state index is 0.0583. The number of fused-ring (bicyclic) bond motifs is 1. The Labute approximate surface area is 144 Å². The fourth-order valence-corrected chi connectivity index (χ4v) is 3.41. The zero-order chi connectivity index (χ0) is 18.2. The zero-order valence-electron chi connectivity index (χ0n) is 13.3. The SMILES string of the molecule is CS(=O)(=O)c1ccc2c(c1)cc(C(=O)O)n2Cc1cccc(C#N)c1. The molecule has 126 valence electrons. The fourth-order valence-electron chi connectivity index (χ4n) is 2.75. The molecule has 6 nitrogen and oxygen atoms in total. The molecule has 7 heteroatoms. The lowest BCUT2D eigenvalue weighted by Gasteiger charge is -2.09. The summed E-state index contributed by atoms with van der Waals surface area (Å²) >= 11 is 0. The van der Waals surface area contributed by atoms with Crippen molar-refractivity contribution in [2.45, 2.75) is 11.4 Å². The van der Waals surface area contributed by atoms with Crippen LogP contribution in [-0.4, -0.2) is 30.3 Å². The number of carbonyl (C=O) groups is 1. The summed E-state index contributed by atoms with van der Waals surface area (Å²) in [6, 6.07) is 15.0. The summed E-state index contributed by atoms with van der Waals surface area (Å²) in [6.07, 6.45) is 1.11. The fraction of sp³-hybridized carbons (Fsp3) is 0.111. The molecule has 0 radical (unpaired) electrons. The van der Waals surface area contributed by atoms with Crippen molar-refractivity contribution in [2.24, 2.45) is 0 Å². The van der Waals surface area contributed by atoms with Gasteiger partial charge in [0.1, 0.15) is 5.69 Å². The van der Waals surface area contributed by atoms with Crippen LogP contribution in [-0.2, 0) is 16.4 Å². The van der Waals surface area contributed by atoms with Gasteiger partial charge in [-0.05, 0) is 42.0 Å². The van der Waals surface area contributed by atoms with E-state index >= 15 is 0 Å². The van der Waals surface area contributed by atoms with Gasteiger partial charge in [-0.25, -0.2) is 13.2 Å². The molecule has 0 aliphatic heterocycles. The molecule has 0 aliphatic rings. The molecular formula is C18H14N2O4S. The largest absolute Gasteiger partial charge is 0.477 e. The van der Waals surface area contributed by atoms with Crippen LogP contribution in [0, 0.1) is 11.3 Å². The number of carboxylic acids is 1. The maximum Gasteiger partial charge on any atom is 0.352 e. The second kappa shape index (κ2) is 6.07. The Balaban J connectivity index is 2.17. The molecule has 0 amide bonds. The topological polar surface area (TPSA) is 100 Å². The molecule has 3 aromatic rings. The lowest BCUT2D eigenvalue weighted by atomic mass is 10.1. The van der Waals surface area contributed by atoms with Crippen molar-refractivity contribution in [2.75, 3.05) is 6.26 Å². The van der Waals surface area contributed by atoms with Crippen molar-refractivity contribution in [1.29, 1.82) is 5.26 Å². The van der Waals surface area contributed by atoms with Crippen molar-refractivity contribution < 1.29 is 18.3 Å². The van der Waals surface area contributed by atoms with Gasteiger partial charge in [-0.1, -0.05) is 12.1 Å². The molecule has 0 bridgehead atoms. The minimum Gasteiger partial charge on any atom is -0.477 e. The highest BCUT2D eigenvalue weighted by Gasteiger charge is 2.17. The molecule has 3 rings (SSSR count). The standard InChI is InChI=1S/C18H14N2O4S/c1-25(23,24)15-5-6-16-14(8-15)9-17(18(21)22)20(16)11-13-4-2-3-12(7-13)10-19/h2-9H,11H2,1H3,(H,21,22). The van der Waals surface area contributed by atoms with Gasteiger partial charge in [0.15, 0.2) is 9.84 Å². The van der Waals surface area contributed by atoms with Crippen molar-refractivity contribution >= 4 is 26.7 Å². The molecule has 0 unspecified atom stereocenters. The maximum absolute atomic E-state index is 11.7. The summed E-state index contributed by atoms with van der Waals surface area (Å²) in [5.74, 6) is -1.10. The molecule has 1 heterocycles. The van der Waals surface area contributed by atoms with Gasteiger partial charge >= 0.3 is 5.97 Å². The van der Waals surface area contributed by atoms with Crippen LogP contribution in [0.25, 0.3) is 10.9 Å². The van der Waals surface area contributed by atoms with E-state index in [2.05, 4.69) is 6.07 Å². The van der Waals surface area contributed by atoms with Gasteiger partial charge in [0, 0.05) is 23.7 Å². The summed E-state index contributed by atoms with van der Waals surface area (Å²) in [7, 11) is -3.38. The highest BCUT2D eigenvalue weighted by molar-refractivity contribution is 7.90. The first-order chi connectivity index (χ1) is 11.8. The van der Waals surface area contributed by atoms with Gasteiger partial charge in [-0.3, -0.25) is 0 Å². The van der Waals surface area contributed by atoms with Gasteiger partial charge < -0.3 is 9.67 Å². The zero-order valence-corrected chi connectivity index (χ0v) is 14.1. The minimum atomic E-state index is -3.38. The van der Waals surface area contributed by atoms with Gasteiger partial charge in [0.05, 0.1) is 16.5 Å². The highest BCUT2D eigenvalue weighted by atomic mass is 32.2. The van der Waals surface area contributed by atoms with Gasteiger partial charge in [0.2, 0.25) is 0 Å². The first-order valence-electron chi connectivity index (χ1n) is 7.35. The van der Waals surface area contributed by atoms with Crippen molar-refractivity contribution in [3.8, 4) is 6.07 Å². The van der Waals surface area contributed by atoms with Crippen LogP contribution in [0.4, 0.5) is 0 Å². The lowest BCUT2D eigenvalue weighted by molar-refractivity contribution is 0.0686. The second-order valence-corrected chi connectivity index (χ2v) is 7.74. The van der Waals surface area contributed by atoms with Gasteiger partial charge in [0.25, 0.3) is 0 Å². The van der Waals surface area contributed by atoms with E-state index in [1.54, 1.807) is 28.8 Å². The Morgan fingerprint density at radius 1 is 1.20 bits per heavy atom. The van der Waals surface area contributed by atoms with Crippen molar-refractivity contribution in [1.82, 2.24) is 4.57 Å². The molecule has 2 aromatic carbocycles. The summed E-state index contributed by atoms with van der Waals surface area (Å²) in [5, 5.41) is 19.0. The normalized spacial score (nSPS) is 11.4. The van der Waals surface area contributed by atoms with E-state index in [9.17, 15) is 18.3 Å². The number of sulfone groups is 1. The van der Waals surface area contributed by atoms with Crippen LogP contribution in [0.5, 0.6) is 0 Å².